The lowest BCUT2D eigenvalue weighted by molar-refractivity contribution is 0.0893. The lowest BCUT2D eigenvalue weighted by Crippen LogP contribution is -2.11. The van der Waals surface area contributed by atoms with Crippen molar-refractivity contribution in [2.45, 2.75) is 6.92 Å². The molecule has 1 amide bonds. The molecule has 0 fully saturated rings. The highest BCUT2D eigenvalue weighted by atomic mass is 16.5. The summed E-state index contributed by atoms with van der Waals surface area (Å²) in [4.78, 5) is 13.3. The van der Waals surface area contributed by atoms with Crippen LogP contribution in [0.4, 0.5) is 0 Å². The first kappa shape index (κ1) is 8.81. The molecule has 0 aromatic heterocycles. The summed E-state index contributed by atoms with van der Waals surface area (Å²) in [6.07, 6.45) is 1.81. The van der Waals surface area contributed by atoms with E-state index in [0.717, 1.165) is 11.4 Å². The van der Waals surface area contributed by atoms with Crippen molar-refractivity contribution in [2.75, 3.05) is 7.11 Å². The molecule has 1 aromatic rings. The Hall–Kier alpha value is -1.77. The van der Waals surface area contributed by atoms with Crippen LogP contribution in [-0.4, -0.2) is 17.9 Å². The van der Waals surface area contributed by atoms with Crippen molar-refractivity contribution in [1.29, 1.82) is 0 Å². The summed E-state index contributed by atoms with van der Waals surface area (Å²) < 4.78 is 5.01. The summed E-state index contributed by atoms with van der Waals surface area (Å²) in [5.41, 5.74) is 1.68. The Kier molecular flexibility index (Phi) is 2.00. The van der Waals surface area contributed by atoms with Crippen LogP contribution in [0.2, 0.25) is 0 Å². The highest BCUT2D eigenvalue weighted by Gasteiger charge is 2.24. The second-order valence-corrected chi connectivity index (χ2v) is 3.17. The van der Waals surface area contributed by atoms with Crippen molar-refractivity contribution < 1.29 is 9.53 Å². The molecular weight excluding hydrogens is 178 g/mol. The van der Waals surface area contributed by atoms with Crippen LogP contribution >= 0.6 is 0 Å². The Morgan fingerprint density at radius 2 is 1.86 bits per heavy atom. The number of nitrogens with zero attached hydrogens (tertiary/aromatic N) is 1. The molecule has 1 aromatic carbocycles. The van der Waals surface area contributed by atoms with E-state index in [-0.39, 0.29) is 5.91 Å². The fourth-order valence-electron chi connectivity index (χ4n) is 1.25. The Labute approximate surface area is 82.6 Å². The van der Waals surface area contributed by atoms with E-state index < -0.39 is 0 Å². The number of methoxy groups -OCH3 is 1. The average molecular weight is 189 g/mol. The largest absolute Gasteiger partial charge is 0.497 e. The van der Waals surface area contributed by atoms with Gasteiger partial charge in [-0.25, -0.2) is 0 Å². The van der Waals surface area contributed by atoms with Gasteiger partial charge < -0.3 is 4.74 Å². The molecule has 0 spiro atoms. The molecule has 0 radical (unpaired) electrons. The SMILES string of the molecule is COc1ccc(C(=O)N2C=C2C)cc1. The maximum Gasteiger partial charge on any atom is 0.262 e. The molecule has 14 heavy (non-hydrogen) atoms. The van der Waals surface area contributed by atoms with Crippen molar-refractivity contribution in [3.63, 3.8) is 0 Å². The van der Waals surface area contributed by atoms with E-state index in [2.05, 4.69) is 0 Å². The van der Waals surface area contributed by atoms with E-state index in [1.807, 2.05) is 13.1 Å². The summed E-state index contributed by atoms with van der Waals surface area (Å²) in [5, 5.41) is 0. The van der Waals surface area contributed by atoms with Gasteiger partial charge in [0.1, 0.15) is 5.75 Å². The van der Waals surface area contributed by atoms with Crippen LogP contribution in [-0.2, 0) is 0 Å². The van der Waals surface area contributed by atoms with Crippen LogP contribution in [0.5, 0.6) is 5.75 Å². The van der Waals surface area contributed by atoms with Gasteiger partial charge in [0.2, 0.25) is 0 Å². The number of amides is 1. The van der Waals surface area contributed by atoms with E-state index in [9.17, 15) is 4.79 Å². The number of allylic oxidation sites excluding steroid dienone is 1. The van der Waals surface area contributed by atoms with E-state index in [4.69, 9.17) is 4.74 Å². The molecule has 1 aliphatic rings. The second-order valence-electron chi connectivity index (χ2n) is 3.17. The van der Waals surface area contributed by atoms with Crippen molar-refractivity contribution in [3.8, 4) is 5.75 Å². The Bertz CT molecular complexity index is 392. The molecule has 1 aliphatic heterocycles. The van der Waals surface area contributed by atoms with Crippen LogP contribution in [0, 0.1) is 0 Å². The minimum Gasteiger partial charge on any atom is -0.497 e. The number of hydrogen-bond acceptors (Lipinski definition) is 2. The van der Waals surface area contributed by atoms with E-state index >= 15 is 0 Å². The topological polar surface area (TPSA) is 29.3 Å². The van der Waals surface area contributed by atoms with Crippen molar-refractivity contribution in [1.82, 2.24) is 4.90 Å². The zero-order valence-corrected chi connectivity index (χ0v) is 8.15. The van der Waals surface area contributed by atoms with Crippen molar-refractivity contribution >= 4 is 5.91 Å². The fraction of sp³-hybridized carbons (Fsp3) is 0.182. The predicted molar refractivity (Wildman–Crippen MR) is 52.9 cm³/mol. The van der Waals surface area contributed by atoms with Crippen molar-refractivity contribution in [2.24, 2.45) is 0 Å². The monoisotopic (exact) mass is 189 g/mol. The lowest BCUT2D eigenvalue weighted by atomic mass is 10.2. The fourth-order valence-corrected chi connectivity index (χ4v) is 1.25. The van der Waals surface area contributed by atoms with E-state index in [0.29, 0.717) is 5.56 Å². The van der Waals surface area contributed by atoms with Crippen LogP contribution in [0.25, 0.3) is 0 Å². The predicted octanol–water partition coefficient (Wildman–Crippen LogP) is 2.01. The van der Waals surface area contributed by atoms with Gasteiger partial charge in [-0.3, -0.25) is 9.69 Å². The Balaban J connectivity index is 2.13. The van der Waals surface area contributed by atoms with Crippen LogP contribution < -0.4 is 4.74 Å². The molecule has 0 unspecified atom stereocenters. The first-order valence-corrected chi connectivity index (χ1v) is 4.38. The molecule has 2 rings (SSSR count). The third kappa shape index (κ3) is 1.48. The Morgan fingerprint density at radius 1 is 1.29 bits per heavy atom. The quantitative estimate of drug-likeness (QED) is 0.712. The third-order valence-electron chi connectivity index (χ3n) is 2.18. The first-order valence-electron chi connectivity index (χ1n) is 4.38. The van der Waals surface area contributed by atoms with Crippen LogP contribution in [0.1, 0.15) is 17.3 Å². The number of ether oxygens (including phenoxy) is 1. The van der Waals surface area contributed by atoms with Gasteiger partial charge >= 0.3 is 0 Å². The molecule has 0 saturated heterocycles. The van der Waals surface area contributed by atoms with Gasteiger partial charge in [-0.15, -0.1) is 0 Å². The average Bonchev–Trinajstić information content (AvgIpc) is 2.95. The molecule has 3 heteroatoms. The van der Waals surface area contributed by atoms with Gasteiger partial charge in [0.05, 0.1) is 7.11 Å². The molecule has 0 bridgehead atoms. The maximum atomic E-state index is 11.7. The summed E-state index contributed by atoms with van der Waals surface area (Å²) >= 11 is 0. The summed E-state index contributed by atoms with van der Waals surface area (Å²) in [6, 6.07) is 7.10. The van der Waals surface area contributed by atoms with Crippen molar-refractivity contribution in [3.05, 3.63) is 41.7 Å². The molecule has 0 aliphatic carbocycles. The maximum absolute atomic E-state index is 11.7. The zero-order chi connectivity index (χ0) is 10.1. The molecule has 72 valence electrons. The number of rotatable bonds is 2. The van der Waals surface area contributed by atoms with Crippen LogP contribution in [0.15, 0.2) is 36.2 Å². The number of carbonyl (C=O) groups is 1. The third-order valence-corrected chi connectivity index (χ3v) is 2.18. The molecule has 0 saturated carbocycles. The molecule has 0 atom stereocenters. The van der Waals surface area contributed by atoms with Gasteiger partial charge in [-0.1, -0.05) is 0 Å². The second kappa shape index (κ2) is 3.18. The van der Waals surface area contributed by atoms with Gasteiger partial charge in [-0.05, 0) is 31.2 Å². The summed E-state index contributed by atoms with van der Waals surface area (Å²) in [5.74, 6) is 0.780. The molecule has 3 nitrogen and oxygen atoms in total. The minimum absolute atomic E-state index is 0.0187. The normalized spacial score (nSPS) is 13.6. The smallest absolute Gasteiger partial charge is 0.262 e. The lowest BCUT2D eigenvalue weighted by Gasteiger charge is -2.04. The Morgan fingerprint density at radius 3 is 2.29 bits per heavy atom. The first-order chi connectivity index (χ1) is 6.72. The number of hydrogen-bond donors (Lipinski definition) is 0. The molecule has 1 heterocycles. The highest BCUT2D eigenvalue weighted by molar-refractivity contribution is 5.98. The minimum atomic E-state index is 0.0187. The molecule has 0 N–H and O–H groups in total. The van der Waals surface area contributed by atoms with Gasteiger partial charge in [0, 0.05) is 17.5 Å². The van der Waals surface area contributed by atoms with Gasteiger partial charge in [-0.2, -0.15) is 0 Å². The van der Waals surface area contributed by atoms with Gasteiger partial charge in [0.15, 0.2) is 0 Å². The summed E-state index contributed by atoms with van der Waals surface area (Å²) in [7, 11) is 1.60. The molecular formula is C11H11NO2. The zero-order valence-electron chi connectivity index (χ0n) is 8.15. The number of carbonyl (C=O) groups excluding carboxylic acids is 1. The van der Waals surface area contributed by atoms with E-state index in [1.54, 1.807) is 36.3 Å². The van der Waals surface area contributed by atoms with Gasteiger partial charge in [0.25, 0.3) is 5.91 Å². The van der Waals surface area contributed by atoms with Crippen LogP contribution in [0.3, 0.4) is 0 Å². The summed E-state index contributed by atoms with van der Waals surface area (Å²) in [6.45, 7) is 1.90. The highest BCUT2D eigenvalue weighted by Crippen LogP contribution is 2.23. The standard InChI is InChI=1S/C11H11NO2/c1-8-7-12(8)11(13)9-3-5-10(14-2)6-4-9/h3-7H,1-2H3. The number of benzene rings is 1. The van der Waals surface area contributed by atoms with E-state index in [1.165, 1.54) is 0 Å².